The van der Waals surface area contributed by atoms with Gasteiger partial charge in [0.15, 0.2) is 11.5 Å². The van der Waals surface area contributed by atoms with Crippen LogP contribution >= 0.6 is 0 Å². The van der Waals surface area contributed by atoms with E-state index in [1.54, 1.807) is 33.5 Å². The lowest BCUT2D eigenvalue weighted by molar-refractivity contribution is -0.128. The maximum Gasteiger partial charge on any atom is 0.331 e. The van der Waals surface area contributed by atoms with Crippen LogP contribution in [-0.2, 0) is 11.2 Å². The third-order valence-electron chi connectivity index (χ3n) is 4.64. The quantitative estimate of drug-likeness (QED) is 0.791. The Kier molecular flexibility index (Phi) is 5.25. The first kappa shape index (κ1) is 18.6. The summed E-state index contributed by atoms with van der Waals surface area (Å²) >= 11 is 0. The number of aliphatic imine (C=N–C) groups is 2. The van der Waals surface area contributed by atoms with Gasteiger partial charge in [0.25, 0.3) is 0 Å². The van der Waals surface area contributed by atoms with Crippen molar-refractivity contribution in [3.8, 4) is 11.5 Å². The summed E-state index contributed by atoms with van der Waals surface area (Å²) in [5.74, 6) is 0.792. The molecule has 2 aliphatic heterocycles. The summed E-state index contributed by atoms with van der Waals surface area (Å²) in [6.07, 6.45) is 3.97. The lowest BCUT2D eigenvalue weighted by Gasteiger charge is -2.36. The summed E-state index contributed by atoms with van der Waals surface area (Å²) < 4.78 is 10.6. The fourth-order valence-electron chi connectivity index (χ4n) is 3.12. The van der Waals surface area contributed by atoms with Crippen molar-refractivity contribution in [1.82, 2.24) is 9.80 Å². The summed E-state index contributed by atoms with van der Waals surface area (Å²) in [6, 6.07) is 5.33. The van der Waals surface area contributed by atoms with E-state index in [2.05, 4.69) is 9.98 Å². The largest absolute Gasteiger partial charge is 0.493 e. The zero-order valence-electron chi connectivity index (χ0n) is 15.8. The molecule has 27 heavy (non-hydrogen) atoms. The third-order valence-corrected chi connectivity index (χ3v) is 4.64. The van der Waals surface area contributed by atoms with E-state index in [0.29, 0.717) is 36.0 Å². The number of benzene rings is 1. The molecular weight excluding hydrogens is 348 g/mol. The van der Waals surface area contributed by atoms with E-state index >= 15 is 0 Å². The highest BCUT2D eigenvalue weighted by molar-refractivity contribution is 6.31. The molecule has 1 unspecified atom stereocenters. The van der Waals surface area contributed by atoms with Gasteiger partial charge >= 0.3 is 6.03 Å². The van der Waals surface area contributed by atoms with Crippen molar-refractivity contribution in [3.63, 3.8) is 0 Å². The number of allylic oxidation sites excluding steroid dienone is 1. The molecule has 142 valence electrons. The molecule has 0 aliphatic carbocycles. The number of fused-ring (bicyclic) bond motifs is 1. The van der Waals surface area contributed by atoms with E-state index in [9.17, 15) is 9.59 Å². The molecular formula is C19H22N4O4. The van der Waals surface area contributed by atoms with Crippen LogP contribution in [0.25, 0.3) is 0 Å². The summed E-state index contributed by atoms with van der Waals surface area (Å²) in [7, 11) is 6.27. The van der Waals surface area contributed by atoms with Gasteiger partial charge in [-0.15, -0.1) is 0 Å². The Labute approximate surface area is 157 Å². The normalized spacial score (nSPS) is 20.7. The van der Waals surface area contributed by atoms with E-state index in [0.717, 1.165) is 10.5 Å². The summed E-state index contributed by atoms with van der Waals surface area (Å²) in [4.78, 5) is 35.9. The minimum atomic E-state index is -0.645. The van der Waals surface area contributed by atoms with E-state index < -0.39 is 11.9 Å². The number of methoxy groups -OCH3 is 2. The maximum atomic E-state index is 12.6. The summed E-state index contributed by atoms with van der Waals surface area (Å²) in [6.45, 7) is 0.494. The molecule has 1 aromatic carbocycles. The Hall–Kier alpha value is -3.16. The fraction of sp³-hybridized carbons (Fsp3) is 0.368. The van der Waals surface area contributed by atoms with Gasteiger partial charge in [-0.3, -0.25) is 19.6 Å². The van der Waals surface area contributed by atoms with Crippen molar-refractivity contribution in [1.29, 1.82) is 0 Å². The highest BCUT2D eigenvalue weighted by atomic mass is 16.5. The second-order valence-electron chi connectivity index (χ2n) is 6.22. The van der Waals surface area contributed by atoms with Gasteiger partial charge in [0.1, 0.15) is 11.8 Å². The smallest absolute Gasteiger partial charge is 0.331 e. The highest BCUT2D eigenvalue weighted by Crippen LogP contribution is 2.28. The first-order chi connectivity index (χ1) is 13.0. The van der Waals surface area contributed by atoms with Gasteiger partial charge in [-0.1, -0.05) is 6.07 Å². The Morgan fingerprint density at radius 3 is 2.56 bits per heavy atom. The van der Waals surface area contributed by atoms with Gasteiger partial charge in [-0.25, -0.2) is 9.79 Å². The number of urea groups is 1. The van der Waals surface area contributed by atoms with Gasteiger partial charge in [0.2, 0.25) is 5.91 Å². The summed E-state index contributed by atoms with van der Waals surface area (Å²) in [5, 5.41) is 0. The SMILES string of the molecule is COc1ccc(CCN=C2C=CN=C3C2C(=O)N(C)C(=O)N3C)cc1OC. The number of amides is 3. The van der Waals surface area contributed by atoms with Gasteiger partial charge in [0, 0.05) is 26.8 Å². The molecule has 1 fully saturated rings. The minimum Gasteiger partial charge on any atom is -0.493 e. The van der Waals surface area contributed by atoms with Gasteiger partial charge < -0.3 is 9.47 Å². The Balaban J connectivity index is 1.76. The maximum absolute atomic E-state index is 12.6. The van der Waals surface area contributed by atoms with Crippen LogP contribution in [0.1, 0.15) is 5.56 Å². The van der Waals surface area contributed by atoms with E-state index in [1.807, 2.05) is 18.2 Å². The number of hydrogen-bond donors (Lipinski definition) is 0. The van der Waals surface area contributed by atoms with E-state index in [1.165, 1.54) is 11.9 Å². The molecule has 1 saturated heterocycles. The average Bonchev–Trinajstić information content (AvgIpc) is 2.70. The molecule has 3 amide bonds. The topological polar surface area (TPSA) is 83.8 Å². The number of imide groups is 1. The van der Waals surface area contributed by atoms with Crippen molar-refractivity contribution in [3.05, 3.63) is 36.0 Å². The van der Waals surface area contributed by atoms with Crippen LogP contribution in [0.5, 0.6) is 11.5 Å². The van der Waals surface area contributed by atoms with Crippen LogP contribution in [0.2, 0.25) is 0 Å². The van der Waals surface area contributed by atoms with Crippen molar-refractivity contribution < 1.29 is 19.1 Å². The van der Waals surface area contributed by atoms with Crippen LogP contribution < -0.4 is 9.47 Å². The van der Waals surface area contributed by atoms with E-state index in [4.69, 9.17) is 9.47 Å². The predicted molar refractivity (Wildman–Crippen MR) is 102 cm³/mol. The molecule has 0 spiro atoms. The molecule has 8 heteroatoms. The first-order valence-electron chi connectivity index (χ1n) is 8.52. The number of carbonyl (C=O) groups is 2. The van der Waals surface area contributed by atoms with Crippen molar-refractivity contribution in [2.45, 2.75) is 6.42 Å². The summed E-state index contributed by atoms with van der Waals surface area (Å²) in [5.41, 5.74) is 1.65. The second kappa shape index (κ2) is 7.61. The number of carbonyl (C=O) groups excluding carboxylic acids is 2. The zero-order chi connectivity index (χ0) is 19.6. The molecule has 1 aromatic rings. The lowest BCUT2D eigenvalue weighted by atomic mass is 9.95. The Morgan fingerprint density at radius 2 is 1.85 bits per heavy atom. The predicted octanol–water partition coefficient (Wildman–Crippen LogP) is 1.75. The molecule has 0 N–H and O–H groups in total. The van der Waals surface area contributed by atoms with Crippen LogP contribution in [0, 0.1) is 5.92 Å². The number of nitrogens with zero attached hydrogens (tertiary/aromatic N) is 4. The van der Waals surface area contributed by atoms with Crippen LogP contribution in [-0.4, -0.2) is 68.1 Å². The van der Waals surface area contributed by atoms with Crippen LogP contribution in [0.15, 0.2) is 40.5 Å². The first-order valence-corrected chi connectivity index (χ1v) is 8.52. The standard InChI is InChI=1S/C19H22N4O4/c1-22-17-16(18(24)23(2)19(22)25)13(8-10-21-17)20-9-7-12-5-6-14(26-3)15(11-12)27-4/h5-6,8,10-11,16H,7,9H2,1-4H3. The monoisotopic (exact) mass is 370 g/mol. The molecule has 2 aliphatic rings. The van der Waals surface area contributed by atoms with Gasteiger partial charge in [0.05, 0.1) is 19.9 Å². The number of ether oxygens (including phenoxy) is 2. The Bertz CT molecular complexity index is 859. The number of amidine groups is 1. The second-order valence-corrected chi connectivity index (χ2v) is 6.22. The van der Waals surface area contributed by atoms with Crippen molar-refractivity contribution in [2.75, 3.05) is 34.9 Å². The lowest BCUT2D eigenvalue weighted by Crippen LogP contribution is -2.59. The third kappa shape index (κ3) is 3.42. The molecule has 1 atom stereocenters. The van der Waals surface area contributed by atoms with Crippen LogP contribution in [0.3, 0.4) is 0 Å². The zero-order valence-corrected chi connectivity index (χ0v) is 15.8. The molecule has 3 rings (SSSR count). The van der Waals surface area contributed by atoms with Crippen molar-refractivity contribution in [2.24, 2.45) is 15.9 Å². The van der Waals surface area contributed by atoms with Crippen molar-refractivity contribution >= 4 is 23.5 Å². The molecule has 8 nitrogen and oxygen atoms in total. The highest BCUT2D eigenvalue weighted by Gasteiger charge is 2.43. The van der Waals surface area contributed by atoms with Gasteiger partial charge in [-0.05, 0) is 30.2 Å². The molecule has 0 saturated carbocycles. The fourth-order valence-corrected chi connectivity index (χ4v) is 3.12. The van der Waals surface area contributed by atoms with Gasteiger partial charge in [-0.2, -0.15) is 0 Å². The Morgan fingerprint density at radius 1 is 1.11 bits per heavy atom. The minimum absolute atomic E-state index is 0.314. The molecule has 0 aromatic heterocycles. The van der Waals surface area contributed by atoms with Crippen LogP contribution in [0.4, 0.5) is 4.79 Å². The number of rotatable bonds is 5. The molecule has 0 bridgehead atoms. The average molecular weight is 370 g/mol. The molecule has 0 radical (unpaired) electrons. The number of hydrogen-bond acceptors (Lipinski definition) is 6. The molecule has 2 heterocycles. The van der Waals surface area contributed by atoms with E-state index in [-0.39, 0.29) is 5.91 Å².